The van der Waals surface area contributed by atoms with Gasteiger partial charge in [-0.15, -0.1) is 6.58 Å². The van der Waals surface area contributed by atoms with E-state index in [1.54, 1.807) is 6.33 Å². The van der Waals surface area contributed by atoms with E-state index in [-0.39, 0.29) is 11.3 Å². The first-order valence-electron chi connectivity index (χ1n) is 13.9. The van der Waals surface area contributed by atoms with Gasteiger partial charge in [0, 0.05) is 50.9 Å². The van der Waals surface area contributed by atoms with Crippen LogP contribution in [-0.4, -0.2) is 93.6 Å². The first kappa shape index (κ1) is 27.0. The van der Waals surface area contributed by atoms with Crippen molar-refractivity contribution in [2.75, 3.05) is 51.1 Å². The minimum absolute atomic E-state index is 0.0301. The molecule has 4 rings (SSSR count). The molecule has 1 aromatic rings. The number of carbonyl (C=O) groups excluding carboxylic acids is 1. The Hall–Kier alpha value is -2.03. The Morgan fingerprint density at radius 1 is 1.28 bits per heavy atom. The molecule has 1 saturated heterocycles. The van der Waals surface area contributed by atoms with Crippen molar-refractivity contribution in [2.24, 2.45) is 11.3 Å². The minimum Gasteiger partial charge on any atom is -0.391 e. The molecule has 0 radical (unpaired) electrons. The Kier molecular flexibility index (Phi) is 9.01. The first-order chi connectivity index (χ1) is 17.3. The molecule has 0 aromatic carbocycles. The highest BCUT2D eigenvalue weighted by Gasteiger charge is 2.42. The molecular weight excluding hydrogens is 452 g/mol. The molecule has 8 nitrogen and oxygen atoms in total. The maximum atomic E-state index is 13.1. The Bertz CT molecular complexity index is 900. The quantitative estimate of drug-likeness (QED) is 0.480. The van der Waals surface area contributed by atoms with Crippen LogP contribution in [-0.2, 0) is 17.8 Å². The van der Waals surface area contributed by atoms with Gasteiger partial charge >= 0.3 is 0 Å². The van der Waals surface area contributed by atoms with Crippen LogP contribution in [0.4, 0.5) is 5.82 Å². The van der Waals surface area contributed by atoms with Crippen LogP contribution >= 0.6 is 0 Å². The molecule has 2 fully saturated rings. The van der Waals surface area contributed by atoms with E-state index in [0.29, 0.717) is 38.1 Å². The molecule has 2 N–H and O–H groups in total. The fourth-order valence-corrected chi connectivity index (χ4v) is 6.43. The lowest BCUT2D eigenvalue weighted by Crippen LogP contribution is -2.52. The number of hydrogen-bond donors (Lipinski definition) is 2. The molecule has 1 saturated carbocycles. The van der Waals surface area contributed by atoms with E-state index in [2.05, 4.69) is 52.4 Å². The smallest absolute Gasteiger partial charge is 0.237 e. The maximum Gasteiger partial charge on any atom is 0.237 e. The van der Waals surface area contributed by atoms with Gasteiger partial charge in [-0.1, -0.05) is 13.0 Å². The van der Waals surface area contributed by atoms with Crippen LogP contribution in [0.15, 0.2) is 19.0 Å². The maximum absolute atomic E-state index is 13.1. The van der Waals surface area contributed by atoms with Crippen molar-refractivity contribution in [2.45, 2.75) is 78.0 Å². The summed E-state index contributed by atoms with van der Waals surface area (Å²) < 4.78 is 0. The molecular formula is C28H46N6O2. The average Bonchev–Trinajstić information content (AvgIpc) is 3.31. The number of anilines is 1. The Morgan fingerprint density at radius 2 is 2.06 bits per heavy atom. The van der Waals surface area contributed by atoms with E-state index < -0.39 is 6.10 Å². The first-order valence-corrected chi connectivity index (χ1v) is 13.9. The van der Waals surface area contributed by atoms with Crippen LogP contribution in [0.2, 0.25) is 0 Å². The summed E-state index contributed by atoms with van der Waals surface area (Å²) in [5.41, 5.74) is 1.97. The summed E-state index contributed by atoms with van der Waals surface area (Å²) in [5, 5.41) is 14.6. The largest absolute Gasteiger partial charge is 0.391 e. The zero-order valence-corrected chi connectivity index (χ0v) is 22.6. The summed E-state index contributed by atoms with van der Waals surface area (Å²) in [6.07, 6.45) is 9.21. The van der Waals surface area contributed by atoms with E-state index >= 15 is 0 Å². The van der Waals surface area contributed by atoms with Gasteiger partial charge in [0.15, 0.2) is 0 Å². The summed E-state index contributed by atoms with van der Waals surface area (Å²) in [5.74, 6) is 1.62. The third-order valence-electron chi connectivity index (χ3n) is 8.98. The Labute approximate surface area is 217 Å². The van der Waals surface area contributed by atoms with Crippen LogP contribution < -0.4 is 5.32 Å². The van der Waals surface area contributed by atoms with Crippen LogP contribution in [0.5, 0.6) is 0 Å². The number of allylic oxidation sites excluding steroid dienone is 1. The van der Waals surface area contributed by atoms with E-state index in [1.807, 2.05) is 11.0 Å². The number of nitrogens with zero attached hydrogens (tertiary/aromatic N) is 5. The van der Waals surface area contributed by atoms with Crippen LogP contribution in [0.1, 0.15) is 64.1 Å². The van der Waals surface area contributed by atoms with Gasteiger partial charge in [0.2, 0.25) is 5.91 Å². The molecule has 8 heteroatoms. The number of aromatic nitrogens is 2. The second kappa shape index (κ2) is 12.0. The predicted molar refractivity (Wildman–Crippen MR) is 144 cm³/mol. The van der Waals surface area contributed by atoms with Crippen LogP contribution in [0.3, 0.4) is 0 Å². The van der Waals surface area contributed by atoms with Gasteiger partial charge in [0.05, 0.1) is 24.9 Å². The lowest BCUT2D eigenvalue weighted by Gasteiger charge is -2.38. The van der Waals surface area contributed by atoms with Gasteiger partial charge in [0.1, 0.15) is 12.1 Å². The monoisotopic (exact) mass is 498 g/mol. The van der Waals surface area contributed by atoms with Gasteiger partial charge in [-0.25, -0.2) is 9.97 Å². The number of amides is 1. The second-order valence-corrected chi connectivity index (χ2v) is 11.4. The summed E-state index contributed by atoms with van der Waals surface area (Å²) in [4.78, 5) is 28.8. The summed E-state index contributed by atoms with van der Waals surface area (Å²) in [6, 6.07) is 0.560. The van der Waals surface area contributed by atoms with E-state index in [4.69, 9.17) is 0 Å². The van der Waals surface area contributed by atoms with Crippen molar-refractivity contribution >= 4 is 11.7 Å². The fourth-order valence-electron chi connectivity index (χ4n) is 6.43. The molecule has 36 heavy (non-hydrogen) atoms. The highest BCUT2D eigenvalue weighted by Crippen LogP contribution is 2.48. The molecule has 0 bridgehead atoms. The number of aliphatic hydroxyl groups excluding tert-OH is 1. The number of hydrogen-bond acceptors (Lipinski definition) is 7. The zero-order chi connectivity index (χ0) is 25.7. The summed E-state index contributed by atoms with van der Waals surface area (Å²) in [6.45, 7) is 16.7. The van der Waals surface area contributed by atoms with E-state index in [1.165, 1.54) is 0 Å². The summed E-state index contributed by atoms with van der Waals surface area (Å²) in [7, 11) is 0. The van der Waals surface area contributed by atoms with Gasteiger partial charge in [-0.3, -0.25) is 14.6 Å². The molecule has 1 amide bonds. The fraction of sp³-hybridized carbons (Fsp3) is 0.750. The lowest BCUT2D eigenvalue weighted by atomic mass is 9.77. The lowest BCUT2D eigenvalue weighted by molar-refractivity contribution is -0.133. The molecule has 0 spiro atoms. The van der Waals surface area contributed by atoms with Crippen molar-refractivity contribution in [1.29, 1.82) is 0 Å². The third kappa shape index (κ3) is 6.09. The molecule has 2 aliphatic heterocycles. The van der Waals surface area contributed by atoms with E-state index in [0.717, 1.165) is 81.8 Å². The number of aliphatic hydroxyl groups is 1. The number of piperazine rings is 1. The number of nitrogens with one attached hydrogen (secondary N) is 1. The van der Waals surface area contributed by atoms with Crippen molar-refractivity contribution in [1.82, 2.24) is 24.7 Å². The molecule has 3 heterocycles. The molecule has 200 valence electrons. The van der Waals surface area contributed by atoms with Gasteiger partial charge in [0.25, 0.3) is 0 Å². The average molecular weight is 499 g/mol. The molecule has 3 atom stereocenters. The van der Waals surface area contributed by atoms with Crippen molar-refractivity contribution < 1.29 is 9.90 Å². The third-order valence-corrected chi connectivity index (χ3v) is 8.98. The second-order valence-electron chi connectivity index (χ2n) is 11.4. The molecule has 1 aliphatic carbocycles. The van der Waals surface area contributed by atoms with Crippen molar-refractivity contribution in [3.63, 3.8) is 0 Å². The SMILES string of the molecule is C=CCC1CCC(CC)(C(O)CNc2ncnc3c2CCN(C(=O)CN2CCN(C(C)C)CC2)C3)C1. The van der Waals surface area contributed by atoms with Crippen LogP contribution in [0, 0.1) is 11.3 Å². The predicted octanol–water partition coefficient (Wildman–Crippen LogP) is 2.93. The number of fused-ring (bicyclic) bond motifs is 1. The molecule has 3 unspecified atom stereocenters. The van der Waals surface area contributed by atoms with E-state index in [9.17, 15) is 9.90 Å². The normalized spacial score (nSPS) is 26.1. The van der Waals surface area contributed by atoms with Crippen molar-refractivity contribution in [3.05, 3.63) is 30.2 Å². The molecule has 3 aliphatic rings. The van der Waals surface area contributed by atoms with Gasteiger partial charge in [-0.2, -0.15) is 0 Å². The minimum atomic E-state index is -0.416. The number of carbonyl (C=O) groups is 1. The zero-order valence-electron chi connectivity index (χ0n) is 22.6. The van der Waals surface area contributed by atoms with Crippen LogP contribution in [0.25, 0.3) is 0 Å². The summed E-state index contributed by atoms with van der Waals surface area (Å²) >= 11 is 0. The highest BCUT2D eigenvalue weighted by atomic mass is 16.3. The molecule has 1 aromatic heterocycles. The highest BCUT2D eigenvalue weighted by molar-refractivity contribution is 5.78. The standard InChI is InChI=1S/C28H46N6O2/c1-5-7-22-8-10-28(6-2,16-22)25(35)17-29-27-23-9-11-34(18-24(23)30-20-31-27)26(36)19-32-12-14-33(15-13-32)21(3)4/h5,20-22,25,35H,1,6-19H2,2-4H3,(H,29,30,31). The van der Waals surface area contributed by atoms with Gasteiger partial charge < -0.3 is 15.3 Å². The topological polar surface area (TPSA) is 84.8 Å². The Morgan fingerprint density at radius 3 is 2.75 bits per heavy atom. The van der Waals surface area contributed by atoms with Gasteiger partial charge in [-0.05, 0) is 63.7 Å². The van der Waals surface area contributed by atoms with Crippen molar-refractivity contribution in [3.8, 4) is 0 Å². The number of rotatable bonds is 10. The Balaban J connectivity index is 1.31.